The number of nitrogens with one attached hydrogen (secondary N) is 2. The maximum atomic E-state index is 5.07. The van der Waals surface area contributed by atoms with Gasteiger partial charge in [-0.25, -0.2) is 0 Å². The van der Waals surface area contributed by atoms with E-state index in [0.717, 1.165) is 10.6 Å². The number of aromatic amines is 2. The zero-order valence-corrected chi connectivity index (χ0v) is 10.4. The highest BCUT2D eigenvalue weighted by molar-refractivity contribution is 7.71. The number of hydrogen-bond donors (Lipinski definition) is 2. The van der Waals surface area contributed by atoms with Crippen molar-refractivity contribution in [3.63, 3.8) is 0 Å². The summed E-state index contributed by atoms with van der Waals surface area (Å²) in [5.74, 6) is 1.16. The molecule has 0 amide bonds. The van der Waals surface area contributed by atoms with Crippen LogP contribution in [0.25, 0.3) is 0 Å². The summed E-state index contributed by atoms with van der Waals surface area (Å²) in [5, 5.41) is 0. The van der Waals surface area contributed by atoms with E-state index in [9.17, 15) is 0 Å². The molecule has 4 heteroatoms. The fourth-order valence-corrected chi connectivity index (χ4v) is 3.50. The molecule has 2 heterocycles. The second kappa shape index (κ2) is 3.91. The van der Waals surface area contributed by atoms with Crippen molar-refractivity contribution in [1.82, 2.24) is 9.97 Å². The molecular formula is C12H19N3S. The summed E-state index contributed by atoms with van der Waals surface area (Å²) in [7, 11) is 0. The quantitative estimate of drug-likeness (QED) is 0.735. The first-order valence-electron chi connectivity index (χ1n) is 6.30. The Morgan fingerprint density at radius 2 is 1.81 bits per heavy atom. The molecule has 16 heavy (non-hydrogen) atoms. The van der Waals surface area contributed by atoms with E-state index in [1.807, 2.05) is 6.20 Å². The van der Waals surface area contributed by atoms with Gasteiger partial charge >= 0.3 is 0 Å². The highest BCUT2D eigenvalue weighted by Crippen LogP contribution is 2.46. The molecule has 1 saturated carbocycles. The Kier molecular flexibility index (Phi) is 2.54. The Morgan fingerprint density at radius 3 is 2.38 bits per heavy atom. The van der Waals surface area contributed by atoms with Crippen LogP contribution in [0.15, 0.2) is 6.20 Å². The molecule has 0 unspecified atom stereocenters. The minimum absolute atomic E-state index is 0.698. The number of rotatable bonds is 1. The number of aromatic nitrogens is 2. The van der Waals surface area contributed by atoms with Gasteiger partial charge in [0.2, 0.25) is 0 Å². The van der Waals surface area contributed by atoms with Gasteiger partial charge in [0.05, 0.1) is 0 Å². The van der Waals surface area contributed by atoms with Crippen LogP contribution in [0.4, 0.5) is 5.82 Å². The van der Waals surface area contributed by atoms with Crippen LogP contribution in [0.1, 0.15) is 38.5 Å². The lowest BCUT2D eigenvalue weighted by Gasteiger charge is -2.39. The smallest absolute Gasteiger partial charge is 0.176 e. The highest BCUT2D eigenvalue weighted by atomic mass is 32.1. The topological polar surface area (TPSA) is 34.8 Å². The Morgan fingerprint density at radius 1 is 1.12 bits per heavy atom. The third kappa shape index (κ3) is 1.79. The van der Waals surface area contributed by atoms with Gasteiger partial charge in [0, 0.05) is 19.3 Å². The van der Waals surface area contributed by atoms with Crippen molar-refractivity contribution in [1.29, 1.82) is 0 Å². The molecule has 1 aliphatic heterocycles. The molecule has 0 atom stereocenters. The van der Waals surface area contributed by atoms with E-state index < -0.39 is 0 Å². The number of nitrogens with zero attached hydrogens (tertiary/aromatic N) is 1. The molecule has 1 aromatic heterocycles. The largest absolute Gasteiger partial charge is 0.357 e. The van der Waals surface area contributed by atoms with E-state index >= 15 is 0 Å². The molecule has 3 nitrogen and oxygen atoms in total. The summed E-state index contributed by atoms with van der Waals surface area (Å²) in [4.78, 5) is 8.68. The van der Waals surface area contributed by atoms with Crippen LogP contribution >= 0.6 is 12.2 Å². The molecule has 2 N–H and O–H groups in total. The molecule has 1 aromatic rings. The van der Waals surface area contributed by atoms with Crippen molar-refractivity contribution >= 4 is 18.0 Å². The summed E-state index contributed by atoms with van der Waals surface area (Å²) >= 11 is 5.07. The molecule has 0 radical (unpaired) electrons. The Balaban J connectivity index is 1.68. The fraction of sp³-hybridized carbons (Fsp3) is 0.750. The van der Waals surface area contributed by atoms with Crippen LogP contribution in [0.5, 0.6) is 0 Å². The minimum atomic E-state index is 0.698. The van der Waals surface area contributed by atoms with Gasteiger partial charge in [0.25, 0.3) is 0 Å². The van der Waals surface area contributed by atoms with Crippen LogP contribution < -0.4 is 4.90 Å². The second-order valence-corrected chi connectivity index (χ2v) is 5.73. The summed E-state index contributed by atoms with van der Waals surface area (Å²) in [6.45, 7) is 2.37. The molecule has 2 aliphatic rings. The molecule has 1 aliphatic carbocycles. The predicted octanol–water partition coefficient (Wildman–Crippen LogP) is 3.23. The van der Waals surface area contributed by atoms with Crippen LogP contribution in [0.2, 0.25) is 0 Å². The lowest BCUT2D eigenvalue weighted by Crippen LogP contribution is -2.39. The Bertz CT molecular complexity index is 404. The van der Waals surface area contributed by atoms with Crippen molar-refractivity contribution < 1.29 is 0 Å². The molecule has 1 spiro atoms. The first kappa shape index (κ1) is 10.4. The van der Waals surface area contributed by atoms with Gasteiger partial charge < -0.3 is 14.9 Å². The normalized spacial score (nSPS) is 24.1. The van der Waals surface area contributed by atoms with Crippen LogP contribution in [0, 0.1) is 10.2 Å². The van der Waals surface area contributed by atoms with Crippen LogP contribution in [-0.2, 0) is 0 Å². The Hall–Kier alpha value is -0.770. The Labute approximate surface area is 101 Å². The first-order valence-corrected chi connectivity index (χ1v) is 6.71. The van der Waals surface area contributed by atoms with Gasteiger partial charge in [0.15, 0.2) is 4.77 Å². The van der Waals surface area contributed by atoms with Gasteiger partial charge in [-0.05, 0) is 43.3 Å². The summed E-state index contributed by atoms with van der Waals surface area (Å²) in [5.41, 5.74) is 0.698. The number of H-pyrrole nitrogens is 2. The molecule has 0 aromatic carbocycles. The van der Waals surface area contributed by atoms with E-state index in [-0.39, 0.29) is 0 Å². The lowest BCUT2D eigenvalue weighted by atomic mass is 9.77. The number of imidazole rings is 1. The van der Waals surface area contributed by atoms with Crippen molar-refractivity contribution in [3.05, 3.63) is 11.0 Å². The molecule has 3 rings (SSSR count). The van der Waals surface area contributed by atoms with Crippen molar-refractivity contribution in [3.8, 4) is 0 Å². The van der Waals surface area contributed by atoms with Crippen LogP contribution in [0.3, 0.4) is 0 Å². The van der Waals surface area contributed by atoms with Crippen LogP contribution in [-0.4, -0.2) is 23.1 Å². The van der Waals surface area contributed by atoms with Crippen molar-refractivity contribution in [2.75, 3.05) is 18.0 Å². The molecule has 2 fully saturated rings. The average molecular weight is 237 g/mol. The highest BCUT2D eigenvalue weighted by Gasteiger charge is 2.37. The zero-order valence-electron chi connectivity index (χ0n) is 9.59. The maximum absolute atomic E-state index is 5.07. The lowest BCUT2D eigenvalue weighted by molar-refractivity contribution is 0.226. The van der Waals surface area contributed by atoms with Gasteiger partial charge in [-0.3, -0.25) is 0 Å². The van der Waals surface area contributed by atoms with E-state index in [4.69, 9.17) is 12.2 Å². The summed E-state index contributed by atoms with van der Waals surface area (Å²) < 4.78 is 0.733. The molecular weight excluding hydrogens is 218 g/mol. The maximum Gasteiger partial charge on any atom is 0.176 e. The molecule has 88 valence electrons. The monoisotopic (exact) mass is 237 g/mol. The predicted molar refractivity (Wildman–Crippen MR) is 68.3 cm³/mol. The number of piperidine rings is 1. The van der Waals surface area contributed by atoms with E-state index in [1.54, 1.807) is 0 Å². The third-order valence-electron chi connectivity index (χ3n) is 4.41. The number of anilines is 1. The fourth-order valence-electron chi connectivity index (χ4n) is 3.34. The van der Waals surface area contributed by atoms with E-state index in [1.165, 1.54) is 51.6 Å². The SMILES string of the molecule is S=c1[nH]cc(N2CCC3(CCCC3)CC2)[nH]1. The average Bonchev–Trinajstić information content (AvgIpc) is 2.90. The van der Waals surface area contributed by atoms with Gasteiger partial charge in [-0.1, -0.05) is 12.8 Å². The molecule has 0 bridgehead atoms. The second-order valence-electron chi connectivity index (χ2n) is 5.32. The first-order chi connectivity index (χ1) is 7.77. The van der Waals surface area contributed by atoms with E-state index in [2.05, 4.69) is 14.9 Å². The summed E-state index contributed by atoms with van der Waals surface area (Å²) in [6, 6.07) is 0. The van der Waals surface area contributed by atoms with Gasteiger partial charge in [0.1, 0.15) is 5.82 Å². The zero-order chi connectivity index (χ0) is 11.0. The number of hydrogen-bond acceptors (Lipinski definition) is 2. The van der Waals surface area contributed by atoms with E-state index in [0.29, 0.717) is 5.41 Å². The standard InChI is InChI=1S/C12H19N3S/c16-11-13-9-10(14-11)15-7-5-12(6-8-15)3-1-2-4-12/h9H,1-8H2,(H2,13,14,16). The van der Waals surface area contributed by atoms with Crippen molar-refractivity contribution in [2.24, 2.45) is 5.41 Å². The third-order valence-corrected chi connectivity index (χ3v) is 4.63. The molecule has 1 saturated heterocycles. The van der Waals surface area contributed by atoms with Crippen molar-refractivity contribution in [2.45, 2.75) is 38.5 Å². The summed E-state index contributed by atoms with van der Waals surface area (Å²) in [6.07, 6.45) is 10.5. The van der Waals surface area contributed by atoms with Gasteiger partial charge in [-0.2, -0.15) is 0 Å². The van der Waals surface area contributed by atoms with Gasteiger partial charge in [-0.15, -0.1) is 0 Å². The minimum Gasteiger partial charge on any atom is -0.357 e.